The van der Waals surface area contributed by atoms with Crippen LogP contribution in [0, 0.1) is 18.3 Å². The van der Waals surface area contributed by atoms with E-state index in [1.165, 1.54) is 7.11 Å². The number of ether oxygens (including phenoxy) is 3. The summed E-state index contributed by atoms with van der Waals surface area (Å²) in [5.74, 6) is 1.44. The number of methoxy groups -OCH3 is 1. The van der Waals surface area contributed by atoms with Crippen LogP contribution in [0.2, 0.25) is 0 Å². The van der Waals surface area contributed by atoms with Crippen LogP contribution in [0.25, 0.3) is 0 Å². The van der Waals surface area contributed by atoms with Crippen LogP contribution in [0.5, 0.6) is 17.2 Å². The third kappa shape index (κ3) is 5.42. The molecule has 6 heteroatoms. The van der Waals surface area contributed by atoms with Crippen LogP contribution in [0.15, 0.2) is 42.5 Å². The molecule has 0 unspecified atom stereocenters. The first-order valence-corrected chi connectivity index (χ1v) is 8.18. The Hall–Kier alpha value is -3.20. The number of amides is 1. The molecule has 6 nitrogen and oxygen atoms in total. The third-order valence-electron chi connectivity index (χ3n) is 3.75. The van der Waals surface area contributed by atoms with E-state index in [-0.39, 0.29) is 12.5 Å². The van der Waals surface area contributed by atoms with Gasteiger partial charge in [-0.1, -0.05) is 12.1 Å². The molecular formula is C20H22N2O4. The Bertz CT molecular complexity index is 799. The van der Waals surface area contributed by atoms with Gasteiger partial charge in [0.15, 0.2) is 18.1 Å². The van der Waals surface area contributed by atoms with Crippen LogP contribution >= 0.6 is 0 Å². The lowest BCUT2D eigenvalue weighted by Crippen LogP contribution is -2.34. The molecule has 136 valence electrons. The Labute approximate surface area is 153 Å². The van der Waals surface area contributed by atoms with E-state index in [0.717, 1.165) is 11.3 Å². The molecule has 0 aliphatic heterocycles. The normalized spacial score (nSPS) is 9.92. The Balaban J connectivity index is 1.81. The van der Waals surface area contributed by atoms with Crippen molar-refractivity contribution in [2.24, 2.45) is 0 Å². The molecule has 0 saturated heterocycles. The lowest BCUT2D eigenvalue weighted by Gasteiger charge is -2.18. The highest BCUT2D eigenvalue weighted by molar-refractivity contribution is 5.77. The predicted molar refractivity (Wildman–Crippen MR) is 97.5 cm³/mol. The number of likely N-dealkylation sites (N-methyl/N-ethyl adjacent to an activating group) is 1. The molecule has 0 fully saturated rings. The van der Waals surface area contributed by atoms with Crippen molar-refractivity contribution in [1.82, 2.24) is 4.90 Å². The van der Waals surface area contributed by atoms with Gasteiger partial charge in [0.1, 0.15) is 12.4 Å². The topological polar surface area (TPSA) is 71.8 Å². The SMILES string of the molecule is COc1cc(C#N)ccc1OCC(=O)N(C)CCOc1cccc(C)c1. The summed E-state index contributed by atoms with van der Waals surface area (Å²) in [5, 5.41) is 8.90. The molecule has 2 rings (SSSR count). The maximum absolute atomic E-state index is 12.2. The van der Waals surface area contributed by atoms with E-state index in [0.29, 0.717) is 30.2 Å². The Morgan fingerprint density at radius 1 is 1.15 bits per heavy atom. The van der Waals surface area contributed by atoms with Crippen LogP contribution in [0.4, 0.5) is 0 Å². The zero-order valence-corrected chi connectivity index (χ0v) is 15.2. The lowest BCUT2D eigenvalue weighted by molar-refractivity contribution is -0.132. The van der Waals surface area contributed by atoms with Crippen LogP contribution in [-0.4, -0.2) is 44.7 Å². The van der Waals surface area contributed by atoms with Crippen molar-refractivity contribution in [2.75, 3.05) is 33.9 Å². The summed E-state index contributed by atoms with van der Waals surface area (Å²) in [6, 6.07) is 14.6. The van der Waals surface area contributed by atoms with Gasteiger partial charge in [-0.2, -0.15) is 5.26 Å². The van der Waals surface area contributed by atoms with Gasteiger partial charge in [-0.3, -0.25) is 4.79 Å². The molecule has 0 spiro atoms. The number of carbonyl (C=O) groups is 1. The van der Waals surface area contributed by atoms with E-state index in [9.17, 15) is 4.79 Å². The van der Waals surface area contributed by atoms with Gasteiger partial charge < -0.3 is 19.1 Å². The van der Waals surface area contributed by atoms with E-state index in [1.807, 2.05) is 37.3 Å². The molecule has 0 aromatic heterocycles. The number of hydrogen-bond donors (Lipinski definition) is 0. The molecule has 0 N–H and O–H groups in total. The zero-order valence-electron chi connectivity index (χ0n) is 15.2. The highest BCUT2D eigenvalue weighted by atomic mass is 16.5. The fraction of sp³-hybridized carbons (Fsp3) is 0.300. The minimum atomic E-state index is -0.177. The Kier molecular flexibility index (Phi) is 6.86. The second-order valence-electron chi connectivity index (χ2n) is 5.75. The van der Waals surface area contributed by atoms with Crippen molar-refractivity contribution < 1.29 is 19.0 Å². The van der Waals surface area contributed by atoms with Gasteiger partial charge in [-0.15, -0.1) is 0 Å². The Morgan fingerprint density at radius 2 is 1.96 bits per heavy atom. The first-order valence-electron chi connectivity index (χ1n) is 8.18. The van der Waals surface area contributed by atoms with Crippen molar-refractivity contribution in [2.45, 2.75) is 6.92 Å². The van der Waals surface area contributed by atoms with Crippen molar-refractivity contribution in [3.63, 3.8) is 0 Å². The van der Waals surface area contributed by atoms with Crippen LogP contribution in [-0.2, 0) is 4.79 Å². The summed E-state index contributed by atoms with van der Waals surface area (Å²) in [6.07, 6.45) is 0. The summed E-state index contributed by atoms with van der Waals surface area (Å²) in [4.78, 5) is 13.7. The molecule has 0 saturated carbocycles. The summed E-state index contributed by atoms with van der Waals surface area (Å²) in [6.45, 7) is 2.72. The molecule has 1 amide bonds. The van der Waals surface area contributed by atoms with Gasteiger partial charge in [-0.05, 0) is 36.8 Å². The van der Waals surface area contributed by atoms with Crippen LogP contribution in [0.3, 0.4) is 0 Å². The van der Waals surface area contributed by atoms with Gasteiger partial charge in [-0.25, -0.2) is 0 Å². The van der Waals surface area contributed by atoms with E-state index in [2.05, 4.69) is 0 Å². The molecular weight excluding hydrogens is 332 g/mol. The first-order chi connectivity index (χ1) is 12.5. The van der Waals surface area contributed by atoms with Gasteiger partial charge in [0.2, 0.25) is 0 Å². The standard InChI is InChI=1S/C20H22N2O4/c1-15-5-4-6-17(11-15)25-10-9-22(2)20(23)14-26-18-8-7-16(13-21)12-19(18)24-3/h4-8,11-12H,9-10,14H2,1-3H3. The average molecular weight is 354 g/mol. The monoisotopic (exact) mass is 354 g/mol. The number of rotatable bonds is 8. The predicted octanol–water partition coefficient (Wildman–Crippen LogP) is 2.79. The molecule has 26 heavy (non-hydrogen) atoms. The van der Waals surface area contributed by atoms with E-state index in [4.69, 9.17) is 19.5 Å². The summed E-state index contributed by atoms with van der Waals surface area (Å²) >= 11 is 0. The summed E-state index contributed by atoms with van der Waals surface area (Å²) in [5.41, 5.74) is 1.59. The zero-order chi connectivity index (χ0) is 18.9. The molecule has 0 radical (unpaired) electrons. The van der Waals surface area contributed by atoms with Crippen LogP contribution < -0.4 is 14.2 Å². The lowest BCUT2D eigenvalue weighted by atomic mass is 10.2. The molecule has 0 heterocycles. The molecule has 0 aliphatic carbocycles. The van der Waals surface area contributed by atoms with Gasteiger partial charge >= 0.3 is 0 Å². The smallest absolute Gasteiger partial charge is 0.260 e. The highest BCUT2D eigenvalue weighted by Crippen LogP contribution is 2.27. The minimum Gasteiger partial charge on any atom is -0.493 e. The van der Waals surface area contributed by atoms with Crippen molar-refractivity contribution in [1.29, 1.82) is 5.26 Å². The fourth-order valence-corrected chi connectivity index (χ4v) is 2.24. The Morgan fingerprint density at radius 3 is 2.65 bits per heavy atom. The minimum absolute atomic E-state index is 0.122. The third-order valence-corrected chi connectivity index (χ3v) is 3.75. The fourth-order valence-electron chi connectivity index (χ4n) is 2.24. The average Bonchev–Trinajstić information content (AvgIpc) is 2.65. The van der Waals surface area contributed by atoms with Crippen molar-refractivity contribution >= 4 is 5.91 Å². The first kappa shape index (κ1) is 19.1. The number of nitriles is 1. The number of carbonyl (C=O) groups excluding carboxylic acids is 1. The van der Waals surface area contributed by atoms with E-state index in [1.54, 1.807) is 30.1 Å². The highest BCUT2D eigenvalue weighted by Gasteiger charge is 2.12. The molecule has 0 atom stereocenters. The van der Waals surface area contributed by atoms with Crippen LogP contribution in [0.1, 0.15) is 11.1 Å². The van der Waals surface area contributed by atoms with Gasteiger partial charge in [0, 0.05) is 13.1 Å². The number of benzene rings is 2. The van der Waals surface area contributed by atoms with E-state index < -0.39 is 0 Å². The van der Waals surface area contributed by atoms with Crippen molar-refractivity contribution in [3.8, 4) is 23.3 Å². The summed E-state index contributed by atoms with van der Waals surface area (Å²) < 4.78 is 16.4. The van der Waals surface area contributed by atoms with Gasteiger partial charge in [0.05, 0.1) is 25.3 Å². The molecule has 2 aromatic carbocycles. The van der Waals surface area contributed by atoms with Gasteiger partial charge in [0.25, 0.3) is 5.91 Å². The van der Waals surface area contributed by atoms with Crippen molar-refractivity contribution in [3.05, 3.63) is 53.6 Å². The maximum Gasteiger partial charge on any atom is 0.260 e. The number of hydrogen-bond acceptors (Lipinski definition) is 5. The second kappa shape index (κ2) is 9.33. The van der Waals surface area contributed by atoms with E-state index >= 15 is 0 Å². The molecule has 0 bridgehead atoms. The number of aryl methyl sites for hydroxylation is 1. The quantitative estimate of drug-likeness (QED) is 0.729. The largest absolute Gasteiger partial charge is 0.493 e. The molecule has 2 aromatic rings. The number of nitrogens with zero attached hydrogens (tertiary/aromatic N) is 2. The molecule has 0 aliphatic rings. The summed E-state index contributed by atoms with van der Waals surface area (Å²) in [7, 11) is 3.18. The second-order valence-corrected chi connectivity index (χ2v) is 5.75. The maximum atomic E-state index is 12.2.